The van der Waals surface area contributed by atoms with E-state index in [4.69, 9.17) is 4.74 Å². The number of benzene rings is 4. The Bertz CT molecular complexity index is 1210. The minimum atomic E-state index is -0.418. The number of carbonyl (C=O) groups excluding carboxylic acids is 1. The summed E-state index contributed by atoms with van der Waals surface area (Å²) in [7, 11) is 0. The fraction of sp³-hybridized carbons (Fsp3) is 0.129. The molecule has 0 saturated carbocycles. The van der Waals surface area contributed by atoms with E-state index in [2.05, 4.69) is 110 Å². The molecule has 0 aliphatic carbocycles. The van der Waals surface area contributed by atoms with Crippen LogP contribution in [0.1, 0.15) is 29.7 Å². The van der Waals surface area contributed by atoms with Crippen LogP contribution >= 0.6 is 0 Å². The van der Waals surface area contributed by atoms with Gasteiger partial charge in [0.1, 0.15) is 6.10 Å². The van der Waals surface area contributed by atoms with Gasteiger partial charge in [-0.15, -0.1) is 0 Å². The van der Waals surface area contributed by atoms with Crippen molar-refractivity contribution in [2.24, 2.45) is 0 Å². The molecule has 0 saturated heterocycles. The lowest BCUT2D eigenvalue weighted by Gasteiger charge is -2.26. The van der Waals surface area contributed by atoms with Gasteiger partial charge in [0.25, 0.3) is 0 Å². The Morgan fingerprint density at radius 3 is 1.50 bits per heavy atom. The molecule has 0 radical (unpaired) electrons. The summed E-state index contributed by atoms with van der Waals surface area (Å²) in [6, 6.07) is 33.9. The second-order valence-electron chi connectivity index (χ2n) is 8.46. The molecule has 0 spiro atoms. The SMILES string of the molecule is C=CC(=O)OC(C)c1ccc(-c2ccc(N(c3ccc(C)cc3)c3ccc(C)cc3)cc2)cc1. The molecule has 4 aromatic rings. The largest absolute Gasteiger partial charge is 0.455 e. The predicted octanol–water partition coefficient (Wildman–Crippen LogP) is 8.23. The maximum atomic E-state index is 11.5. The highest BCUT2D eigenvalue weighted by atomic mass is 16.5. The maximum absolute atomic E-state index is 11.5. The van der Waals surface area contributed by atoms with Crippen LogP contribution in [0.3, 0.4) is 0 Å². The molecule has 3 heteroatoms. The molecular formula is C31H29NO2. The number of ether oxygens (including phenoxy) is 1. The van der Waals surface area contributed by atoms with Gasteiger partial charge in [-0.3, -0.25) is 0 Å². The number of nitrogens with zero attached hydrogens (tertiary/aromatic N) is 1. The van der Waals surface area contributed by atoms with Crippen LogP contribution in [0, 0.1) is 13.8 Å². The molecule has 0 amide bonds. The summed E-state index contributed by atoms with van der Waals surface area (Å²) in [5.74, 6) is -0.418. The molecule has 4 rings (SSSR count). The van der Waals surface area contributed by atoms with Crippen LogP contribution in [0.15, 0.2) is 110 Å². The predicted molar refractivity (Wildman–Crippen MR) is 141 cm³/mol. The van der Waals surface area contributed by atoms with Gasteiger partial charge in [0.05, 0.1) is 0 Å². The minimum Gasteiger partial charge on any atom is -0.455 e. The highest BCUT2D eigenvalue weighted by molar-refractivity contribution is 5.81. The molecule has 0 fully saturated rings. The van der Waals surface area contributed by atoms with Crippen LogP contribution in [0.5, 0.6) is 0 Å². The molecule has 3 nitrogen and oxygen atoms in total. The second kappa shape index (κ2) is 10.2. The second-order valence-corrected chi connectivity index (χ2v) is 8.46. The molecule has 1 atom stereocenters. The molecule has 4 aromatic carbocycles. The van der Waals surface area contributed by atoms with Crippen LogP contribution in [0.25, 0.3) is 11.1 Å². The third kappa shape index (κ3) is 5.26. The van der Waals surface area contributed by atoms with Crippen molar-refractivity contribution < 1.29 is 9.53 Å². The van der Waals surface area contributed by atoms with Gasteiger partial charge in [0, 0.05) is 23.1 Å². The smallest absolute Gasteiger partial charge is 0.330 e. The molecule has 170 valence electrons. The van der Waals surface area contributed by atoms with E-state index in [0.717, 1.165) is 33.8 Å². The average Bonchev–Trinajstić information content (AvgIpc) is 2.87. The molecule has 0 bridgehead atoms. The van der Waals surface area contributed by atoms with Crippen LogP contribution in [0.2, 0.25) is 0 Å². The van der Waals surface area contributed by atoms with Crippen molar-refractivity contribution in [1.29, 1.82) is 0 Å². The summed E-state index contributed by atoms with van der Waals surface area (Å²) in [5, 5.41) is 0. The van der Waals surface area contributed by atoms with Crippen molar-refractivity contribution in [2.75, 3.05) is 4.90 Å². The normalized spacial score (nSPS) is 11.5. The Balaban J connectivity index is 1.61. The number of carbonyl (C=O) groups is 1. The van der Waals surface area contributed by atoms with Gasteiger partial charge in [0.15, 0.2) is 0 Å². The lowest BCUT2D eigenvalue weighted by molar-refractivity contribution is -0.142. The Labute approximate surface area is 202 Å². The van der Waals surface area contributed by atoms with Gasteiger partial charge in [-0.25, -0.2) is 4.79 Å². The average molecular weight is 448 g/mol. The number of hydrogen-bond donors (Lipinski definition) is 0. The summed E-state index contributed by atoms with van der Waals surface area (Å²) in [4.78, 5) is 13.7. The highest BCUT2D eigenvalue weighted by Gasteiger charge is 2.13. The third-order valence-electron chi connectivity index (χ3n) is 5.88. The highest BCUT2D eigenvalue weighted by Crippen LogP contribution is 2.36. The Hall–Kier alpha value is -4.11. The van der Waals surface area contributed by atoms with E-state index < -0.39 is 5.97 Å². The van der Waals surface area contributed by atoms with Crippen LogP contribution in [-0.2, 0) is 9.53 Å². The van der Waals surface area contributed by atoms with Gasteiger partial charge < -0.3 is 9.64 Å². The first-order valence-electron chi connectivity index (χ1n) is 11.4. The first-order valence-corrected chi connectivity index (χ1v) is 11.4. The molecule has 0 N–H and O–H groups in total. The summed E-state index contributed by atoms with van der Waals surface area (Å²) < 4.78 is 5.31. The topological polar surface area (TPSA) is 29.5 Å². The summed E-state index contributed by atoms with van der Waals surface area (Å²) in [6.45, 7) is 9.51. The van der Waals surface area contributed by atoms with E-state index in [9.17, 15) is 4.79 Å². The zero-order valence-electron chi connectivity index (χ0n) is 19.9. The molecule has 34 heavy (non-hydrogen) atoms. The van der Waals surface area contributed by atoms with Crippen molar-refractivity contribution in [1.82, 2.24) is 0 Å². The number of rotatable bonds is 7. The minimum absolute atomic E-state index is 0.320. The number of esters is 1. The summed E-state index contributed by atoms with van der Waals surface area (Å²) in [6.07, 6.45) is 0.864. The van der Waals surface area contributed by atoms with E-state index in [1.165, 1.54) is 17.2 Å². The summed E-state index contributed by atoms with van der Waals surface area (Å²) in [5.41, 5.74) is 8.98. The lowest BCUT2D eigenvalue weighted by atomic mass is 10.0. The van der Waals surface area contributed by atoms with Crippen molar-refractivity contribution >= 4 is 23.0 Å². The van der Waals surface area contributed by atoms with E-state index in [0.29, 0.717) is 0 Å². The van der Waals surface area contributed by atoms with Gasteiger partial charge in [-0.2, -0.15) is 0 Å². The standard InChI is InChI=1S/C31H29NO2/c1-5-31(33)34-24(4)25-10-12-26(13-11-25)27-14-20-30(21-15-27)32(28-16-6-22(2)7-17-28)29-18-8-23(3)9-19-29/h5-21,24H,1H2,2-4H3. The van der Waals surface area contributed by atoms with Crippen molar-refractivity contribution in [3.05, 3.63) is 126 Å². The Kier molecular flexibility index (Phi) is 6.93. The van der Waals surface area contributed by atoms with Crippen LogP contribution in [0.4, 0.5) is 17.1 Å². The van der Waals surface area contributed by atoms with Gasteiger partial charge in [0.2, 0.25) is 0 Å². The number of hydrogen-bond acceptors (Lipinski definition) is 3. The van der Waals surface area contributed by atoms with Crippen LogP contribution in [-0.4, -0.2) is 5.97 Å². The number of aryl methyl sites for hydroxylation is 2. The van der Waals surface area contributed by atoms with E-state index >= 15 is 0 Å². The van der Waals surface area contributed by atoms with Crippen molar-refractivity contribution in [2.45, 2.75) is 26.9 Å². The van der Waals surface area contributed by atoms with Crippen molar-refractivity contribution in [3.8, 4) is 11.1 Å². The maximum Gasteiger partial charge on any atom is 0.330 e. The first-order chi connectivity index (χ1) is 16.4. The third-order valence-corrected chi connectivity index (χ3v) is 5.88. The fourth-order valence-electron chi connectivity index (χ4n) is 3.87. The molecule has 1 unspecified atom stereocenters. The quantitative estimate of drug-likeness (QED) is 0.211. The molecular weight excluding hydrogens is 418 g/mol. The zero-order chi connectivity index (χ0) is 24.1. The van der Waals surface area contributed by atoms with Gasteiger partial charge in [-0.1, -0.05) is 78.4 Å². The Morgan fingerprint density at radius 2 is 1.09 bits per heavy atom. The lowest BCUT2D eigenvalue weighted by Crippen LogP contribution is -2.09. The monoisotopic (exact) mass is 447 g/mol. The molecule has 0 aliphatic rings. The molecule has 0 aromatic heterocycles. The summed E-state index contributed by atoms with van der Waals surface area (Å²) >= 11 is 0. The van der Waals surface area contributed by atoms with Gasteiger partial charge in [-0.05, 0) is 73.9 Å². The van der Waals surface area contributed by atoms with Crippen LogP contribution < -0.4 is 4.90 Å². The van der Waals surface area contributed by atoms with E-state index in [-0.39, 0.29) is 6.10 Å². The fourth-order valence-corrected chi connectivity index (χ4v) is 3.87. The van der Waals surface area contributed by atoms with E-state index in [1.54, 1.807) is 0 Å². The molecule has 0 heterocycles. The zero-order valence-corrected chi connectivity index (χ0v) is 19.9. The van der Waals surface area contributed by atoms with E-state index in [1.807, 2.05) is 19.1 Å². The Morgan fingerprint density at radius 1 is 0.706 bits per heavy atom. The van der Waals surface area contributed by atoms with Gasteiger partial charge >= 0.3 is 5.97 Å². The number of anilines is 3. The molecule has 0 aliphatic heterocycles. The van der Waals surface area contributed by atoms with Crippen molar-refractivity contribution in [3.63, 3.8) is 0 Å². The first kappa shape index (κ1) is 23.1.